The zero-order valence-corrected chi connectivity index (χ0v) is 42.1. The van der Waals surface area contributed by atoms with Gasteiger partial charge in [0.05, 0.1) is 31.2 Å². The Labute approximate surface area is 428 Å². The lowest BCUT2D eigenvalue weighted by atomic mass is 10.0. The van der Waals surface area contributed by atoms with Crippen LogP contribution in [0.1, 0.15) is 61.6 Å². The van der Waals surface area contributed by atoms with Gasteiger partial charge in [-0.05, 0) is 105 Å². The molecular weight excluding hydrogens is 969 g/mol. The van der Waals surface area contributed by atoms with Gasteiger partial charge in [0.25, 0.3) is 0 Å². The molecule has 2 atom stereocenters. The van der Waals surface area contributed by atoms with Crippen molar-refractivity contribution in [3.05, 3.63) is 119 Å². The first-order valence-corrected chi connectivity index (χ1v) is 24.8. The summed E-state index contributed by atoms with van der Waals surface area (Å²) in [6, 6.07) is 13.1. The van der Waals surface area contributed by atoms with Gasteiger partial charge in [-0.25, -0.2) is 28.3 Å². The number of anilines is 3. The maximum Gasteiger partial charge on any atom is 0.414 e. The minimum atomic E-state index is -0.668. The van der Waals surface area contributed by atoms with Gasteiger partial charge >= 0.3 is 11.8 Å². The average molecular weight is 1020 g/mol. The summed E-state index contributed by atoms with van der Waals surface area (Å²) >= 11 is 0. The first-order chi connectivity index (χ1) is 36.4. The van der Waals surface area contributed by atoms with Crippen molar-refractivity contribution in [2.45, 2.75) is 64.2 Å². The minimum absolute atomic E-state index is 0.0276. The largest absolute Gasteiger partial charge is 0.449 e. The molecule has 19 nitrogen and oxygen atoms in total. The van der Waals surface area contributed by atoms with Crippen LogP contribution >= 0.6 is 0 Å². The Hall–Kier alpha value is -8.30. The number of carbonyl (C=O) groups is 2. The van der Waals surface area contributed by atoms with E-state index < -0.39 is 29.2 Å². The van der Waals surface area contributed by atoms with Crippen LogP contribution in [-0.2, 0) is 34.9 Å². The van der Waals surface area contributed by atoms with Gasteiger partial charge in [0.2, 0.25) is 5.78 Å². The number of nitrogens with one attached hydrogen (secondary N) is 2. The molecule has 7 aromatic heterocycles. The Kier molecular flexibility index (Phi) is 14.5. The number of aryl methyl sites for hydroxylation is 3. The second-order valence-corrected chi connectivity index (χ2v) is 18.3. The molecule has 2 aliphatic rings. The number of rotatable bonds is 15. The van der Waals surface area contributed by atoms with Gasteiger partial charge in [0.1, 0.15) is 28.5 Å². The van der Waals surface area contributed by atoms with E-state index >= 15 is 8.78 Å². The van der Waals surface area contributed by atoms with Crippen molar-refractivity contribution in [3.63, 3.8) is 0 Å². The highest BCUT2D eigenvalue weighted by Crippen LogP contribution is 2.41. The van der Waals surface area contributed by atoms with Crippen molar-refractivity contribution in [3.8, 4) is 33.5 Å². The number of halogens is 2. The Bertz CT molecular complexity index is 3590. The molecule has 9 heterocycles. The standard InChI is InChI=1S/C28H30FN5O5.C26H25FN6O3/c1-4-37-28(36)34(10-9-20-6-5-11-38-20)24-21-12-18(19-15-32-33(3)16-19)13-22(29)26(21)39-27(24)25(35)17-7-8-23(30-2)31-14-17;1-28-21-6-5-15(12-29-21)22-25-23(33(26(34)31-22)8-7-18-4-3-9-35-18)19-10-16(11-20(27)24(19)36-25)17-13-30-32(2)14-17/h7-8,12-16,20H,4-6,9-11H2,1-3H3,(H,30,31);5-6,10-14,18H,3-4,7-9H2,1-2H3,(H,28,29). The summed E-state index contributed by atoms with van der Waals surface area (Å²) in [5.74, 6) is -0.643. The maximum atomic E-state index is 15.5. The second kappa shape index (κ2) is 21.7. The Morgan fingerprint density at radius 3 is 1.91 bits per heavy atom. The first-order valence-electron chi connectivity index (χ1n) is 24.8. The molecular formula is C54H55F2N11O8. The van der Waals surface area contributed by atoms with E-state index in [0.29, 0.717) is 82.1 Å². The van der Waals surface area contributed by atoms with Gasteiger partial charge in [-0.3, -0.25) is 23.6 Å². The summed E-state index contributed by atoms with van der Waals surface area (Å²) in [6.45, 7) is 3.80. The van der Waals surface area contributed by atoms with Crippen LogP contribution in [0.25, 0.3) is 66.5 Å². The molecule has 9 aromatic rings. The average Bonchev–Trinajstić information content (AvgIpc) is 4.30. The molecule has 0 spiro atoms. The van der Waals surface area contributed by atoms with E-state index in [9.17, 15) is 14.4 Å². The lowest BCUT2D eigenvalue weighted by Crippen LogP contribution is -2.35. The zero-order chi connectivity index (χ0) is 52.3. The van der Waals surface area contributed by atoms with E-state index in [4.69, 9.17) is 23.0 Å². The first kappa shape index (κ1) is 50.2. The summed E-state index contributed by atoms with van der Waals surface area (Å²) < 4.78 is 64.7. The molecule has 2 aliphatic heterocycles. The number of hydrogen-bond acceptors (Lipinski definition) is 15. The number of nitrogens with zero attached hydrogens (tertiary/aromatic N) is 9. The number of fused-ring (bicyclic) bond motifs is 4. The number of ether oxygens (including phenoxy) is 3. The zero-order valence-electron chi connectivity index (χ0n) is 42.1. The van der Waals surface area contributed by atoms with Gasteiger partial charge in [-0.2, -0.15) is 15.2 Å². The third-order valence-corrected chi connectivity index (χ3v) is 13.4. The van der Waals surface area contributed by atoms with Gasteiger partial charge in [0, 0.05) is 112 Å². The van der Waals surface area contributed by atoms with Gasteiger partial charge in [-0.1, -0.05) is 0 Å². The Balaban J connectivity index is 0.000000171. The molecule has 0 bridgehead atoms. The van der Waals surface area contributed by atoms with Crippen LogP contribution in [0.3, 0.4) is 0 Å². The predicted molar refractivity (Wildman–Crippen MR) is 278 cm³/mol. The Morgan fingerprint density at radius 1 is 0.747 bits per heavy atom. The number of carbonyl (C=O) groups excluding carboxylic acids is 2. The van der Waals surface area contributed by atoms with Crippen LogP contribution in [-0.4, -0.2) is 104 Å². The lowest BCUT2D eigenvalue weighted by Gasteiger charge is -2.23. The van der Waals surface area contributed by atoms with E-state index in [1.165, 1.54) is 23.2 Å². The van der Waals surface area contributed by atoms with Crippen molar-refractivity contribution in [1.29, 1.82) is 0 Å². The van der Waals surface area contributed by atoms with Crippen molar-refractivity contribution in [2.24, 2.45) is 14.1 Å². The molecule has 2 saturated heterocycles. The van der Waals surface area contributed by atoms with E-state index in [1.54, 1.807) is 104 Å². The highest BCUT2D eigenvalue weighted by atomic mass is 19.1. The maximum absolute atomic E-state index is 15.5. The van der Waals surface area contributed by atoms with E-state index in [1.807, 2.05) is 12.3 Å². The topological polar surface area (TPSA) is 212 Å². The number of pyridine rings is 2. The molecule has 0 radical (unpaired) electrons. The van der Waals surface area contributed by atoms with Crippen LogP contribution in [0.2, 0.25) is 0 Å². The fourth-order valence-electron chi connectivity index (χ4n) is 9.60. The summed E-state index contributed by atoms with van der Waals surface area (Å²) in [4.78, 5) is 54.7. The summed E-state index contributed by atoms with van der Waals surface area (Å²) in [5, 5.41) is 15.0. The molecule has 2 N–H and O–H groups in total. The predicted octanol–water partition coefficient (Wildman–Crippen LogP) is 9.53. The molecule has 388 valence electrons. The summed E-state index contributed by atoms with van der Waals surface area (Å²) in [7, 11) is 7.06. The van der Waals surface area contributed by atoms with E-state index in [-0.39, 0.29) is 58.9 Å². The fourth-order valence-corrected chi connectivity index (χ4v) is 9.60. The molecule has 2 unspecified atom stereocenters. The van der Waals surface area contributed by atoms with E-state index in [0.717, 1.165) is 37.9 Å². The lowest BCUT2D eigenvalue weighted by molar-refractivity contribution is 0.100. The van der Waals surface area contributed by atoms with Crippen molar-refractivity contribution in [2.75, 3.05) is 56.0 Å². The van der Waals surface area contributed by atoms with E-state index in [2.05, 4.69) is 35.8 Å². The summed E-state index contributed by atoms with van der Waals surface area (Å²) in [6.07, 6.45) is 14.2. The quantitative estimate of drug-likeness (QED) is 0.0916. The normalized spacial score (nSPS) is 15.4. The van der Waals surface area contributed by atoms with Crippen LogP contribution in [0, 0.1) is 11.6 Å². The van der Waals surface area contributed by atoms with Gasteiger partial charge in [-0.15, -0.1) is 0 Å². The highest BCUT2D eigenvalue weighted by Gasteiger charge is 2.33. The van der Waals surface area contributed by atoms with Crippen molar-refractivity contribution >= 4 is 62.2 Å². The number of furan rings is 2. The Morgan fingerprint density at radius 2 is 1.36 bits per heavy atom. The van der Waals surface area contributed by atoms with Crippen LogP contribution in [0.15, 0.2) is 99.3 Å². The number of amides is 1. The molecule has 2 aromatic carbocycles. The number of aromatic nitrogens is 8. The SMILES string of the molecule is CCOC(=O)N(CCC1CCCO1)c1c(C(=O)c2ccc(NC)nc2)oc2c(F)cc(-c3cnn(C)c3)cc12.CNc1ccc(-c2nc(=O)n(CCC3CCCO3)c3c2oc2c(F)cc(-c4cnn(C)c4)cc23)cn1. The third kappa shape index (κ3) is 10.3. The number of benzene rings is 2. The smallest absolute Gasteiger partial charge is 0.414 e. The molecule has 1 amide bonds. The van der Waals surface area contributed by atoms with Crippen molar-refractivity contribution < 1.29 is 41.4 Å². The molecule has 2 fully saturated rings. The third-order valence-electron chi connectivity index (χ3n) is 13.4. The highest BCUT2D eigenvalue weighted by molar-refractivity contribution is 6.17. The van der Waals surface area contributed by atoms with Crippen LogP contribution < -0.4 is 21.2 Å². The number of ketones is 1. The van der Waals surface area contributed by atoms with Crippen molar-refractivity contribution in [1.82, 2.24) is 39.1 Å². The molecule has 11 rings (SSSR count). The van der Waals surface area contributed by atoms with Gasteiger partial charge in [0.15, 0.2) is 34.1 Å². The molecule has 0 saturated carbocycles. The number of hydrogen-bond donors (Lipinski definition) is 2. The molecule has 0 aliphatic carbocycles. The minimum Gasteiger partial charge on any atom is -0.449 e. The second-order valence-electron chi connectivity index (χ2n) is 18.3. The van der Waals surface area contributed by atoms with Gasteiger partial charge < -0.3 is 33.7 Å². The van der Waals surface area contributed by atoms with Crippen LogP contribution in [0.5, 0.6) is 0 Å². The summed E-state index contributed by atoms with van der Waals surface area (Å²) in [5.41, 5.74) is 4.30. The van der Waals surface area contributed by atoms with Crippen LogP contribution in [0.4, 0.5) is 30.9 Å². The fraction of sp³-hybridized carbons (Fsp3) is 0.333. The molecule has 75 heavy (non-hydrogen) atoms. The monoisotopic (exact) mass is 1020 g/mol. The molecule has 21 heteroatoms.